The number of hydrogen-bond donors (Lipinski definition) is 0. The first-order valence-corrected chi connectivity index (χ1v) is 13.4. The molecule has 0 N–H and O–H groups in total. The molecule has 2 fully saturated rings. The summed E-state index contributed by atoms with van der Waals surface area (Å²) >= 11 is 0. The average molecular weight is 490 g/mol. The molecule has 1 atom stereocenters. The van der Waals surface area contributed by atoms with E-state index in [0.29, 0.717) is 30.8 Å². The normalized spacial score (nSPS) is 22.2. The number of rotatable bonds is 4. The van der Waals surface area contributed by atoms with E-state index >= 15 is 0 Å². The maximum atomic E-state index is 13.6. The van der Waals surface area contributed by atoms with E-state index in [1.54, 1.807) is 36.7 Å². The fourth-order valence-corrected chi connectivity index (χ4v) is 5.91. The van der Waals surface area contributed by atoms with E-state index in [-0.39, 0.29) is 16.8 Å². The standard InChI is InChI=1S/C26H23N3O5S/c1-35(32,33)19-5-2-17(3-6-19)22-7-4-18(14-28-22)25(9-10-25)24(31)29-13-11-26(16-29)21-8-12-27-15-20(21)23(30)34-26/h2-8,12,14-15H,9-11,13,16H2,1H3. The van der Waals surface area contributed by atoms with E-state index in [4.69, 9.17) is 4.74 Å². The molecule has 178 valence electrons. The van der Waals surface area contributed by atoms with Gasteiger partial charge in [-0.1, -0.05) is 18.2 Å². The first kappa shape index (κ1) is 21.9. The molecule has 6 rings (SSSR count). The number of fused-ring (bicyclic) bond motifs is 2. The zero-order valence-corrected chi connectivity index (χ0v) is 19.9. The number of hydrogen-bond acceptors (Lipinski definition) is 7. The average Bonchev–Trinajstić information content (AvgIpc) is 3.49. The number of benzene rings is 1. The summed E-state index contributed by atoms with van der Waals surface area (Å²) in [5.41, 5.74) is 2.28. The second-order valence-corrected chi connectivity index (χ2v) is 11.6. The minimum absolute atomic E-state index is 0.0417. The highest BCUT2D eigenvalue weighted by Crippen LogP contribution is 2.52. The van der Waals surface area contributed by atoms with Crippen LogP contribution in [0.4, 0.5) is 0 Å². The van der Waals surface area contributed by atoms with Gasteiger partial charge in [-0.2, -0.15) is 0 Å². The molecule has 1 unspecified atom stereocenters. The second kappa shape index (κ2) is 7.45. The van der Waals surface area contributed by atoms with Gasteiger partial charge in [0, 0.05) is 48.9 Å². The predicted octanol–water partition coefficient (Wildman–Crippen LogP) is 2.88. The zero-order valence-electron chi connectivity index (χ0n) is 19.1. The molecule has 1 aliphatic carbocycles. The summed E-state index contributed by atoms with van der Waals surface area (Å²) < 4.78 is 29.2. The Hall–Kier alpha value is -3.59. The molecule has 0 radical (unpaired) electrons. The second-order valence-electron chi connectivity index (χ2n) is 9.59. The molecule has 4 heterocycles. The van der Waals surface area contributed by atoms with Gasteiger partial charge >= 0.3 is 5.97 Å². The third-order valence-electron chi connectivity index (χ3n) is 7.39. The van der Waals surface area contributed by atoms with Gasteiger partial charge in [-0.25, -0.2) is 13.2 Å². The Labute approximate surface area is 202 Å². The maximum absolute atomic E-state index is 13.6. The van der Waals surface area contributed by atoms with Crippen LogP contribution in [0.3, 0.4) is 0 Å². The molecule has 9 heteroatoms. The van der Waals surface area contributed by atoms with Crippen molar-refractivity contribution in [1.29, 1.82) is 0 Å². The molecular weight excluding hydrogens is 466 g/mol. The highest BCUT2D eigenvalue weighted by molar-refractivity contribution is 7.90. The van der Waals surface area contributed by atoms with Gasteiger partial charge in [0.25, 0.3) is 0 Å². The van der Waals surface area contributed by atoms with E-state index in [9.17, 15) is 18.0 Å². The first-order valence-electron chi connectivity index (χ1n) is 11.5. The number of carbonyl (C=O) groups is 2. The maximum Gasteiger partial charge on any atom is 0.341 e. The number of carbonyl (C=O) groups excluding carboxylic acids is 2. The van der Waals surface area contributed by atoms with E-state index < -0.39 is 20.9 Å². The molecule has 2 aromatic heterocycles. The molecule has 8 nitrogen and oxygen atoms in total. The summed E-state index contributed by atoms with van der Waals surface area (Å²) in [6.07, 6.45) is 8.17. The quantitative estimate of drug-likeness (QED) is 0.519. The molecule has 0 bridgehead atoms. The van der Waals surface area contributed by atoms with Gasteiger partial charge in [0.2, 0.25) is 5.91 Å². The highest BCUT2D eigenvalue weighted by Gasteiger charge is 2.58. The first-order chi connectivity index (χ1) is 16.7. The summed E-state index contributed by atoms with van der Waals surface area (Å²) in [4.78, 5) is 36.7. The number of sulfone groups is 1. The lowest BCUT2D eigenvalue weighted by molar-refractivity contribution is -0.134. The lowest BCUT2D eigenvalue weighted by atomic mass is 9.92. The Morgan fingerprint density at radius 3 is 2.46 bits per heavy atom. The van der Waals surface area contributed by atoms with Gasteiger partial charge < -0.3 is 9.64 Å². The van der Waals surface area contributed by atoms with E-state index in [1.807, 2.05) is 23.1 Å². The van der Waals surface area contributed by atoms with Crippen LogP contribution >= 0.6 is 0 Å². The summed E-state index contributed by atoms with van der Waals surface area (Å²) in [6.45, 7) is 0.863. The Bertz CT molecular complexity index is 1460. The number of pyridine rings is 2. The van der Waals surface area contributed by atoms with Crippen molar-refractivity contribution in [2.45, 2.75) is 35.2 Å². The zero-order chi connectivity index (χ0) is 24.4. The lowest BCUT2D eigenvalue weighted by Crippen LogP contribution is -2.40. The number of esters is 1. The highest BCUT2D eigenvalue weighted by atomic mass is 32.2. The minimum atomic E-state index is -3.26. The van der Waals surface area contributed by atoms with Crippen LogP contribution < -0.4 is 0 Å². The van der Waals surface area contributed by atoms with Crippen LogP contribution in [0.2, 0.25) is 0 Å². The molecule has 1 saturated carbocycles. The van der Waals surface area contributed by atoms with Crippen molar-refractivity contribution in [3.05, 3.63) is 77.7 Å². The Morgan fingerprint density at radius 2 is 1.80 bits per heavy atom. The van der Waals surface area contributed by atoms with Gasteiger partial charge in [0.15, 0.2) is 15.4 Å². The predicted molar refractivity (Wildman–Crippen MR) is 126 cm³/mol. The van der Waals surface area contributed by atoms with Crippen molar-refractivity contribution in [3.8, 4) is 11.3 Å². The third-order valence-corrected chi connectivity index (χ3v) is 8.52. The van der Waals surface area contributed by atoms with Crippen molar-refractivity contribution in [2.24, 2.45) is 0 Å². The molecule has 1 amide bonds. The fourth-order valence-electron chi connectivity index (χ4n) is 5.27. The summed E-state index contributed by atoms with van der Waals surface area (Å²) in [7, 11) is -3.26. The summed E-state index contributed by atoms with van der Waals surface area (Å²) in [6, 6.07) is 12.2. The van der Waals surface area contributed by atoms with E-state index in [1.165, 1.54) is 12.5 Å². The topological polar surface area (TPSA) is 107 Å². The van der Waals surface area contributed by atoms with Gasteiger partial charge in [0.05, 0.1) is 28.1 Å². The van der Waals surface area contributed by atoms with Crippen LogP contribution in [-0.4, -0.2) is 54.5 Å². The monoisotopic (exact) mass is 489 g/mol. The smallest absolute Gasteiger partial charge is 0.341 e. The van der Waals surface area contributed by atoms with Gasteiger partial charge in [-0.05, 0) is 42.7 Å². The van der Waals surface area contributed by atoms with Crippen LogP contribution in [0, 0.1) is 0 Å². The minimum Gasteiger partial charge on any atom is -0.449 e. The summed E-state index contributed by atoms with van der Waals surface area (Å²) in [5, 5.41) is 0. The lowest BCUT2D eigenvalue weighted by Gasteiger charge is -2.26. The van der Waals surface area contributed by atoms with Crippen LogP contribution in [-0.2, 0) is 30.4 Å². The van der Waals surface area contributed by atoms with Crippen LogP contribution in [0.1, 0.15) is 40.7 Å². The van der Waals surface area contributed by atoms with Gasteiger partial charge in [0.1, 0.15) is 0 Å². The number of nitrogens with zero attached hydrogens (tertiary/aromatic N) is 3. The van der Waals surface area contributed by atoms with Crippen LogP contribution in [0.5, 0.6) is 0 Å². The van der Waals surface area contributed by atoms with Crippen molar-refractivity contribution >= 4 is 21.7 Å². The third kappa shape index (κ3) is 3.44. The Balaban J connectivity index is 1.22. The Kier molecular flexibility index (Phi) is 4.67. The summed E-state index contributed by atoms with van der Waals surface area (Å²) in [5.74, 6) is -0.340. The SMILES string of the molecule is CS(=O)(=O)c1ccc(-c2ccc(C3(C(=O)N4CCC5(C4)OC(=O)c4cnccc45)CC3)cn2)cc1. The number of amides is 1. The van der Waals surface area contributed by atoms with Gasteiger partial charge in [-0.3, -0.25) is 14.8 Å². The number of aromatic nitrogens is 2. The van der Waals surface area contributed by atoms with Crippen molar-refractivity contribution in [3.63, 3.8) is 0 Å². The van der Waals surface area contributed by atoms with E-state index in [0.717, 1.165) is 29.5 Å². The molecule has 1 aromatic carbocycles. The molecule has 2 aliphatic heterocycles. The molecule has 1 spiro atoms. The molecule has 3 aromatic rings. The number of likely N-dealkylation sites (tertiary alicyclic amines) is 1. The molecular formula is C26H23N3O5S. The van der Waals surface area contributed by atoms with Crippen LogP contribution in [0.25, 0.3) is 11.3 Å². The Morgan fingerprint density at radius 1 is 1.03 bits per heavy atom. The van der Waals surface area contributed by atoms with Crippen LogP contribution in [0.15, 0.2) is 66.0 Å². The largest absolute Gasteiger partial charge is 0.449 e. The van der Waals surface area contributed by atoms with Gasteiger partial charge in [-0.15, -0.1) is 0 Å². The van der Waals surface area contributed by atoms with Crippen molar-refractivity contribution < 1.29 is 22.7 Å². The number of ether oxygens (including phenoxy) is 1. The molecule has 3 aliphatic rings. The molecule has 35 heavy (non-hydrogen) atoms. The van der Waals surface area contributed by atoms with Crippen molar-refractivity contribution in [1.82, 2.24) is 14.9 Å². The van der Waals surface area contributed by atoms with Crippen molar-refractivity contribution in [2.75, 3.05) is 19.3 Å². The fraction of sp³-hybridized carbons (Fsp3) is 0.308. The van der Waals surface area contributed by atoms with E-state index in [2.05, 4.69) is 9.97 Å². The molecule has 1 saturated heterocycles.